The molecule has 1 atom stereocenters. The van der Waals surface area contributed by atoms with Gasteiger partial charge in [0.25, 0.3) is 5.91 Å². The van der Waals surface area contributed by atoms with E-state index < -0.39 is 0 Å². The summed E-state index contributed by atoms with van der Waals surface area (Å²) in [6.45, 7) is 5.24. The maximum Gasteiger partial charge on any atom is 0.310 e. The summed E-state index contributed by atoms with van der Waals surface area (Å²) in [7, 11) is 0. The van der Waals surface area contributed by atoms with Crippen LogP contribution in [0.4, 0.5) is 0 Å². The van der Waals surface area contributed by atoms with Crippen LogP contribution in [0.25, 0.3) is 0 Å². The van der Waals surface area contributed by atoms with E-state index in [-0.39, 0.29) is 24.4 Å². The Balaban J connectivity index is 1.85. The number of piperidine rings is 1. The fraction of sp³-hybridized carbons (Fsp3) is 0.529. The predicted molar refractivity (Wildman–Crippen MR) is 82.6 cm³/mol. The highest BCUT2D eigenvalue weighted by atomic mass is 16.5. The van der Waals surface area contributed by atoms with Gasteiger partial charge >= 0.3 is 5.97 Å². The molecule has 1 aliphatic rings. The number of carbonyl (C=O) groups excluding carboxylic acids is 2. The molecule has 5 heteroatoms. The molecule has 0 aliphatic carbocycles. The Morgan fingerprint density at radius 3 is 2.91 bits per heavy atom. The maximum atomic E-state index is 12.2. The number of aryl methyl sites for hydroxylation is 1. The number of esters is 1. The van der Waals surface area contributed by atoms with Crippen LogP contribution < -0.4 is 4.74 Å². The Kier molecular flexibility index (Phi) is 5.81. The van der Waals surface area contributed by atoms with Gasteiger partial charge in [0.2, 0.25) is 0 Å². The van der Waals surface area contributed by atoms with Crippen LogP contribution in [-0.4, -0.2) is 43.1 Å². The van der Waals surface area contributed by atoms with E-state index in [1.807, 2.05) is 31.2 Å². The van der Waals surface area contributed by atoms with Crippen molar-refractivity contribution in [3.05, 3.63) is 29.8 Å². The number of rotatable bonds is 5. The number of likely N-dealkylation sites (tertiary alicyclic amines) is 1. The zero-order valence-corrected chi connectivity index (χ0v) is 13.2. The van der Waals surface area contributed by atoms with Crippen molar-refractivity contribution in [2.75, 3.05) is 26.3 Å². The number of ether oxygens (including phenoxy) is 2. The molecule has 5 nitrogen and oxygen atoms in total. The number of benzene rings is 1. The van der Waals surface area contributed by atoms with Gasteiger partial charge in [0.15, 0.2) is 6.61 Å². The Morgan fingerprint density at radius 2 is 2.18 bits per heavy atom. The lowest BCUT2D eigenvalue weighted by Crippen LogP contribution is -2.44. The molecule has 0 unspecified atom stereocenters. The third-order valence-electron chi connectivity index (χ3n) is 3.75. The van der Waals surface area contributed by atoms with Crippen LogP contribution in [0.2, 0.25) is 0 Å². The van der Waals surface area contributed by atoms with Crippen LogP contribution in [0.3, 0.4) is 0 Å². The quantitative estimate of drug-likeness (QED) is 0.782. The van der Waals surface area contributed by atoms with Crippen molar-refractivity contribution in [1.82, 2.24) is 4.90 Å². The van der Waals surface area contributed by atoms with Crippen molar-refractivity contribution in [1.29, 1.82) is 0 Å². The number of hydrogen-bond acceptors (Lipinski definition) is 4. The molecule has 2 rings (SSSR count). The largest absolute Gasteiger partial charge is 0.484 e. The molecule has 0 bridgehead atoms. The molecule has 0 saturated carbocycles. The van der Waals surface area contributed by atoms with Crippen LogP contribution in [0.15, 0.2) is 24.3 Å². The minimum Gasteiger partial charge on any atom is -0.484 e. The number of nitrogens with zero attached hydrogens (tertiary/aromatic N) is 1. The van der Waals surface area contributed by atoms with Gasteiger partial charge in [-0.2, -0.15) is 0 Å². The van der Waals surface area contributed by atoms with E-state index in [0.29, 0.717) is 25.4 Å². The van der Waals surface area contributed by atoms with Crippen molar-refractivity contribution in [3.8, 4) is 5.75 Å². The molecule has 1 heterocycles. The van der Waals surface area contributed by atoms with Gasteiger partial charge < -0.3 is 14.4 Å². The van der Waals surface area contributed by atoms with Crippen molar-refractivity contribution in [2.24, 2.45) is 5.92 Å². The van der Waals surface area contributed by atoms with E-state index >= 15 is 0 Å². The molecule has 1 saturated heterocycles. The lowest BCUT2D eigenvalue weighted by atomic mass is 9.98. The predicted octanol–water partition coefficient (Wildman–Crippen LogP) is 2.18. The molecule has 0 N–H and O–H groups in total. The highest BCUT2D eigenvalue weighted by molar-refractivity contribution is 5.79. The monoisotopic (exact) mass is 305 g/mol. The zero-order valence-electron chi connectivity index (χ0n) is 13.2. The van der Waals surface area contributed by atoms with E-state index in [4.69, 9.17) is 9.47 Å². The summed E-state index contributed by atoms with van der Waals surface area (Å²) in [6, 6.07) is 7.60. The summed E-state index contributed by atoms with van der Waals surface area (Å²) in [5, 5.41) is 0. The lowest BCUT2D eigenvalue weighted by Gasteiger charge is -2.31. The number of hydrogen-bond donors (Lipinski definition) is 0. The van der Waals surface area contributed by atoms with E-state index in [0.717, 1.165) is 18.4 Å². The lowest BCUT2D eigenvalue weighted by molar-refractivity contribution is -0.151. The van der Waals surface area contributed by atoms with E-state index in [2.05, 4.69) is 0 Å². The van der Waals surface area contributed by atoms with Gasteiger partial charge in [-0.25, -0.2) is 0 Å². The van der Waals surface area contributed by atoms with Crippen LogP contribution in [0, 0.1) is 12.8 Å². The van der Waals surface area contributed by atoms with Crippen LogP contribution >= 0.6 is 0 Å². The first-order valence-electron chi connectivity index (χ1n) is 7.74. The summed E-state index contributed by atoms with van der Waals surface area (Å²) in [5.74, 6) is 0.180. The standard InChI is InChI=1S/C17H23NO4/c1-3-21-17(20)14-7-5-9-18(11-14)16(19)12-22-15-8-4-6-13(2)10-15/h4,6,8,10,14H,3,5,7,9,11-12H2,1-2H3/t14-/m1/s1. The molecular formula is C17H23NO4. The van der Waals surface area contributed by atoms with Gasteiger partial charge in [-0.1, -0.05) is 12.1 Å². The maximum absolute atomic E-state index is 12.2. The summed E-state index contributed by atoms with van der Waals surface area (Å²) in [4.78, 5) is 25.7. The van der Waals surface area contributed by atoms with E-state index in [1.165, 1.54) is 0 Å². The van der Waals surface area contributed by atoms with Gasteiger partial charge in [0.1, 0.15) is 5.75 Å². The first-order valence-corrected chi connectivity index (χ1v) is 7.74. The van der Waals surface area contributed by atoms with Crippen molar-refractivity contribution in [2.45, 2.75) is 26.7 Å². The SMILES string of the molecule is CCOC(=O)[C@@H]1CCCN(C(=O)COc2cccc(C)c2)C1. The molecule has 0 aromatic heterocycles. The minimum absolute atomic E-state index is 0.000993. The van der Waals surface area contributed by atoms with Crippen LogP contribution in [0.1, 0.15) is 25.3 Å². The Morgan fingerprint density at radius 1 is 1.36 bits per heavy atom. The van der Waals surface area contributed by atoms with Crippen LogP contribution in [-0.2, 0) is 14.3 Å². The molecule has 1 aromatic rings. The molecule has 120 valence electrons. The van der Waals surface area contributed by atoms with Crippen molar-refractivity contribution < 1.29 is 19.1 Å². The van der Waals surface area contributed by atoms with Crippen molar-refractivity contribution >= 4 is 11.9 Å². The number of carbonyl (C=O) groups is 2. The Bertz CT molecular complexity index is 529. The van der Waals surface area contributed by atoms with Gasteiger partial charge in [0.05, 0.1) is 12.5 Å². The summed E-state index contributed by atoms with van der Waals surface area (Å²) >= 11 is 0. The highest BCUT2D eigenvalue weighted by Gasteiger charge is 2.29. The van der Waals surface area contributed by atoms with Gasteiger partial charge in [-0.05, 0) is 44.4 Å². The van der Waals surface area contributed by atoms with Gasteiger partial charge in [0, 0.05) is 13.1 Å². The third-order valence-corrected chi connectivity index (χ3v) is 3.75. The van der Waals surface area contributed by atoms with Crippen molar-refractivity contribution in [3.63, 3.8) is 0 Å². The summed E-state index contributed by atoms with van der Waals surface area (Å²) in [6.07, 6.45) is 1.60. The van der Waals surface area contributed by atoms with Gasteiger partial charge in [-0.15, -0.1) is 0 Å². The first-order chi connectivity index (χ1) is 10.6. The second-order valence-electron chi connectivity index (χ2n) is 5.54. The zero-order chi connectivity index (χ0) is 15.9. The van der Waals surface area contributed by atoms with E-state index in [9.17, 15) is 9.59 Å². The number of amides is 1. The topological polar surface area (TPSA) is 55.8 Å². The molecule has 1 aromatic carbocycles. The summed E-state index contributed by atoms with van der Waals surface area (Å²) in [5.41, 5.74) is 1.09. The minimum atomic E-state index is -0.211. The van der Waals surface area contributed by atoms with Gasteiger partial charge in [-0.3, -0.25) is 9.59 Å². The molecule has 22 heavy (non-hydrogen) atoms. The Hall–Kier alpha value is -2.04. The second kappa shape index (κ2) is 7.82. The second-order valence-corrected chi connectivity index (χ2v) is 5.54. The molecular weight excluding hydrogens is 282 g/mol. The normalized spacial score (nSPS) is 17.9. The van der Waals surface area contributed by atoms with Crippen LogP contribution in [0.5, 0.6) is 5.75 Å². The highest BCUT2D eigenvalue weighted by Crippen LogP contribution is 2.18. The average Bonchev–Trinajstić information content (AvgIpc) is 2.53. The first kappa shape index (κ1) is 16.3. The molecule has 0 radical (unpaired) electrons. The summed E-state index contributed by atoms with van der Waals surface area (Å²) < 4.78 is 10.6. The smallest absolute Gasteiger partial charge is 0.310 e. The molecule has 1 aliphatic heterocycles. The molecule has 0 spiro atoms. The third kappa shape index (κ3) is 4.48. The Labute approximate surface area is 131 Å². The molecule has 1 amide bonds. The van der Waals surface area contributed by atoms with E-state index in [1.54, 1.807) is 11.8 Å². The molecule has 1 fully saturated rings. The fourth-order valence-corrected chi connectivity index (χ4v) is 2.60. The average molecular weight is 305 g/mol. The fourth-order valence-electron chi connectivity index (χ4n) is 2.60.